The Bertz CT molecular complexity index is 823. The Morgan fingerprint density at radius 2 is 2.04 bits per heavy atom. The summed E-state index contributed by atoms with van der Waals surface area (Å²) >= 11 is 5.58. The number of fused-ring (bicyclic) bond motifs is 1. The topological polar surface area (TPSA) is 51.8 Å². The number of benzene rings is 2. The summed E-state index contributed by atoms with van der Waals surface area (Å²) in [6, 6.07) is 13.6. The molecule has 0 spiro atoms. The lowest BCUT2D eigenvalue weighted by molar-refractivity contribution is 0.0695. The Kier molecular flexibility index (Phi) is 5.75. The van der Waals surface area contributed by atoms with Gasteiger partial charge in [-0.05, 0) is 63.3 Å². The highest BCUT2D eigenvalue weighted by atomic mass is 32.1. The van der Waals surface area contributed by atoms with Crippen LogP contribution in [0.3, 0.4) is 0 Å². The van der Waals surface area contributed by atoms with E-state index in [1.807, 2.05) is 49.4 Å². The Hall–Kier alpha value is -2.47. The third kappa shape index (κ3) is 4.63. The van der Waals surface area contributed by atoms with Crippen LogP contribution in [0.15, 0.2) is 42.5 Å². The molecule has 2 N–H and O–H groups in total. The number of hydrogen-bond acceptors (Lipinski definition) is 4. The van der Waals surface area contributed by atoms with E-state index in [1.54, 1.807) is 7.11 Å². The summed E-state index contributed by atoms with van der Waals surface area (Å²) in [4.78, 5) is 0. The highest BCUT2D eigenvalue weighted by Gasteiger charge is 2.34. The predicted molar refractivity (Wildman–Crippen MR) is 112 cm³/mol. The molecule has 0 unspecified atom stereocenters. The first-order valence-electron chi connectivity index (χ1n) is 9.08. The second-order valence-electron chi connectivity index (χ2n) is 7.05. The number of ether oxygens (including phenoxy) is 3. The lowest BCUT2D eigenvalue weighted by Crippen LogP contribution is -2.42. The summed E-state index contributed by atoms with van der Waals surface area (Å²) in [6.07, 6.45) is 0.780. The first kappa shape index (κ1) is 19.3. The van der Waals surface area contributed by atoms with Gasteiger partial charge in [0.05, 0.1) is 25.4 Å². The lowest BCUT2D eigenvalue weighted by atomic mass is 9.89. The van der Waals surface area contributed by atoms with E-state index in [0.29, 0.717) is 11.7 Å². The number of anilines is 1. The number of para-hydroxylation sites is 2. The van der Waals surface area contributed by atoms with Crippen molar-refractivity contribution >= 4 is 23.0 Å². The minimum atomic E-state index is -0.294. The molecule has 0 bridgehead atoms. The largest absolute Gasteiger partial charge is 0.497 e. The fraction of sp³-hybridized carbons (Fsp3) is 0.381. The molecule has 1 heterocycles. The van der Waals surface area contributed by atoms with Crippen LogP contribution in [0.4, 0.5) is 5.69 Å². The van der Waals surface area contributed by atoms with Crippen LogP contribution in [0.5, 0.6) is 17.2 Å². The Balaban J connectivity index is 1.80. The first-order valence-corrected chi connectivity index (χ1v) is 9.49. The smallest absolute Gasteiger partial charge is 0.171 e. The summed E-state index contributed by atoms with van der Waals surface area (Å²) in [5, 5.41) is 7.22. The van der Waals surface area contributed by atoms with E-state index in [-0.39, 0.29) is 11.6 Å². The highest BCUT2D eigenvalue weighted by Crippen LogP contribution is 2.41. The van der Waals surface area contributed by atoms with Crippen LogP contribution in [0.2, 0.25) is 0 Å². The molecule has 0 saturated heterocycles. The number of nitrogens with one attached hydrogen (secondary N) is 2. The SMILES string of the molecule is CCOc1ccccc1NC(=S)N[C@H]1CC(C)(C)Oc2ccc(OC)cc21. The molecule has 1 aliphatic rings. The van der Waals surface area contributed by atoms with Gasteiger partial charge in [0.25, 0.3) is 0 Å². The van der Waals surface area contributed by atoms with Gasteiger partial charge in [-0.1, -0.05) is 12.1 Å². The zero-order valence-corrected chi connectivity index (χ0v) is 17.0. The van der Waals surface area contributed by atoms with Crippen LogP contribution in [0.1, 0.15) is 38.8 Å². The molecule has 0 aliphatic carbocycles. The molecule has 1 atom stereocenters. The van der Waals surface area contributed by atoms with Crippen LogP contribution < -0.4 is 24.8 Å². The average molecular weight is 387 g/mol. The van der Waals surface area contributed by atoms with E-state index < -0.39 is 0 Å². The standard InChI is InChI=1S/C21H26N2O3S/c1-5-25-19-9-7-6-8-16(19)22-20(27)23-17-13-21(2,3)26-18-11-10-14(24-4)12-15(17)18/h6-12,17H,5,13H2,1-4H3,(H2,22,23,27)/t17-/m0/s1. The van der Waals surface area contributed by atoms with Crippen molar-refractivity contribution in [1.29, 1.82) is 0 Å². The number of hydrogen-bond donors (Lipinski definition) is 2. The summed E-state index contributed by atoms with van der Waals surface area (Å²) in [6.45, 7) is 6.72. The fourth-order valence-electron chi connectivity index (χ4n) is 3.26. The van der Waals surface area contributed by atoms with Gasteiger partial charge in [0.2, 0.25) is 0 Å². The number of thiocarbonyl (C=S) groups is 1. The van der Waals surface area contributed by atoms with Crippen molar-refractivity contribution in [2.75, 3.05) is 19.0 Å². The Morgan fingerprint density at radius 1 is 1.26 bits per heavy atom. The summed E-state index contributed by atoms with van der Waals surface area (Å²) < 4.78 is 17.2. The fourth-order valence-corrected chi connectivity index (χ4v) is 3.51. The molecule has 0 radical (unpaired) electrons. The zero-order chi connectivity index (χ0) is 19.4. The van der Waals surface area contributed by atoms with E-state index in [0.717, 1.165) is 34.9 Å². The van der Waals surface area contributed by atoms with Crippen molar-refractivity contribution < 1.29 is 14.2 Å². The van der Waals surface area contributed by atoms with Gasteiger partial charge >= 0.3 is 0 Å². The summed E-state index contributed by atoms with van der Waals surface area (Å²) in [5.74, 6) is 2.42. The van der Waals surface area contributed by atoms with Crippen molar-refractivity contribution in [3.8, 4) is 17.2 Å². The minimum Gasteiger partial charge on any atom is -0.497 e. The number of methoxy groups -OCH3 is 1. The predicted octanol–water partition coefficient (Wildman–Crippen LogP) is 4.68. The molecule has 144 valence electrons. The summed E-state index contributed by atoms with van der Waals surface area (Å²) in [5.41, 5.74) is 1.59. The molecule has 0 saturated carbocycles. The van der Waals surface area contributed by atoms with Gasteiger partial charge in [0.1, 0.15) is 22.8 Å². The molecule has 6 heteroatoms. The van der Waals surface area contributed by atoms with Crippen molar-refractivity contribution in [1.82, 2.24) is 5.32 Å². The molecule has 27 heavy (non-hydrogen) atoms. The Labute approximate surface area is 166 Å². The van der Waals surface area contributed by atoms with E-state index in [4.69, 9.17) is 26.4 Å². The Morgan fingerprint density at radius 3 is 2.78 bits per heavy atom. The molecule has 2 aromatic carbocycles. The van der Waals surface area contributed by atoms with Gasteiger partial charge < -0.3 is 24.8 Å². The maximum absolute atomic E-state index is 6.12. The van der Waals surface area contributed by atoms with Gasteiger partial charge in [-0.2, -0.15) is 0 Å². The maximum atomic E-state index is 6.12. The summed E-state index contributed by atoms with van der Waals surface area (Å²) in [7, 11) is 1.66. The van der Waals surface area contributed by atoms with Gasteiger partial charge in [-0.15, -0.1) is 0 Å². The van der Waals surface area contributed by atoms with Gasteiger partial charge in [-0.25, -0.2) is 0 Å². The lowest BCUT2D eigenvalue weighted by Gasteiger charge is -2.38. The van der Waals surface area contributed by atoms with Gasteiger partial charge in [-0.3, -0.25) is 0 Å². The van der Waals surface area contributed by atoms with E-state index in [2.05, 4.69) is 24.5 Å². The molecule has 5 nitrogen and oxygen atoms in total. The third-order valence-electron chi connectivity index (χ3n) is 4.41. The van der Waals surface area contributed by atoms with Crippen LogP contribution in [0, 0.1) is 0 Å². The van der Waals surface area contributed by atoms with Crippen molar-refractivity contribution in [2.45, 2.75) is 38.8 Å². The molecule has 1 aliphatic heterocycles. The molecule has 0 aromatic heterocycles. The zero-order valence-electron chi connectivity index (χ0n) is 16.2. The van der Waals surface area contributed by atoms with Crippen LogP contribution in [0.25, 0.3) is 0 Å². The maximum Gasteiger partial charge on any atom is 0.171 e. The second-order valence-corrected chi connectivity index (χ2v) is 7.46. The number of rotatable bonds is 5. The normalized spacial score (nSPS) is 17.3. The van der Waals surface area contributed by atoms with Crippen molar-refractivity contribution in [2.24, 2.45) is 0 Å². The third-order valence-corrected chi connectivity index (χ3v) is 4.63. The van der Waals surface area contributed by atoms with Crippen molar-refractivity contribution in [3.05, 3.63) is 48.0 Å². The molecule has 2 aromatic rings. The monoisotopic (exact) mass is 386 g/mol. The van der Waals surface area contributed by atoms with Crippen LogP contribution in [-0.4, -0.2) is 24.4 Å². The average Bonchev–Trinajstić information content (AvgIpc) is 2.62. The highest BCUT2D eigenvalue weighted by molar-refractivity contribution is 7.80. The minimum absolute atomic E-state index is 0.0121. The van der Waals surface area contributed by atoms with Crippen LogP contribution in [-0.2, 0) is 0 Å². The molecular formula is C21H26N2O3S. The first-order chi connectivity index (χ1) is 12.9. The van der Waals surface area contributed by atoms with E-state index >= 15 is 0 Å². The van der Waals surface area contributed by atoms with Crippen LogP contribution >= 0.6 is 12.2 Å². The van der Waals surface area contributed by atoms with E-state index in [9.17, 15) is 0 Å². The molecular weight excluding hydrogens is 360 g/mol. The quantitative estimate of drug-likeness (QED) is 0.728. The second kappa shape index (κ2) is 8.05. The molecule has 3 rings (SSSR count). The van der Waals surface area contributed by atoms with E-state index in [1.165, 1.54) is 0 Å². The molecule has 0 fully saturated rings. The van der Waals surface area contributed by atoms with Gasteiger partial charge in [0, 0.05) is 12.0 Å². The van der Waals surface area contributed by atoms with Crippen molar-refractivity contribution in [3.63, 3.8) is 0 Å². The van der Waals surface area contributed by atoms with Gasteiger partial charge in [0.15, 0.2) is 5.11 Å². The molecule has 0 amide bonds.